The van der Waals surface area contributed by atoms with Gasteiger partial charge in [-0.2, -0.15) is 0 Å². The first kappa shape index (κ1) is 10.4. The number of rotatable bonds is 3. The van der Waals surface area contributed by atoms with E-state index < -0.39 is 0 Å². The van der Waals surface area contributed by atoms with Gasteiger partial charge < -0.3 is 4.42 Å². The molecule has 0 aliphatic carbocycles. The monoisotopic (exact) mass is 282 g/mol. The zero-order valence-corrected chi connectivity index (χ0v) is 10.0. The number of furan rings is 1. The molecule has 15 heavy (non-hydrogen) atoms. The van der Waals surface area contributed by atoms with Crippen LogP contribution in [0.4, 0.5) is 0 Å². The predicted molar refractivity (Wildman–Crippen MR) is 64.1 cm³/mol. The van der Waals surface area contributed by atoms with Crippen LogP contribution in [0.1, 0.15) is 15.4 Å². The highest BCUT2D eigenvalue weighted by Gasteiger charge is 2.03. The molecule has 0 fully saturated rings. The van der Waals surface area contributed by atoms with Crippen molar-refractivity contribution in [2.45, 2.75) is 0 Å². The molecule has 0 N–H and O–H groups in total. The van der Waals surface area contributed by atoms with E-state index in [1.165, 1.54) is 12.3 Å². The quantitative estimate of drug-likeness (QED) is 0.629. The van der Waals surface area contributed by atoms with Crippen LogP contribution in [0.3, 0.4) is 0 Å². The molecule has 0 spiro atoms. The van der Waals surface area contributed by atoms with Gasteiger partial charge in [0, 0.05) is 14.7 Å². The van der Waals surface area contributed by atoms with E-state index in [0.717, 1.165) is 9.35 Å². The highest BCUT2D eigenvalue weighted by molar-refractivity contribution is 9.10. The summed E-state index contributed by atoms with van der Waals surface area (Å²) in [5.74, 6) is 0.242. The number of carbonyl (C=O) groups is 1. The fourth-order valence-corrected chi connectivity index (χ4v) is 2.41. The summed E-state index contributed by atoms with van der Waals surface area (Å²) in [5, 5.41) is 1.97. The van der Waals surface area contributed by atoms with Crippen LogP contribution in [-0.4, -0.2) is 5.78 Å². The van der Waals surface area contributed by atoms with Gasteiger partial charge in [0.1, 0.15) is 0 Å². The van der Waals surface area contributed by atoms with Gasteiger partial charge >= 0.3 is 0 Å². The van der Waals surface area contributed by atoms with Crippen molar-refractivity contribution in [3.8, 4) is 0 Å². The number of carbonyl (C=O) groups excluding carboxylic acids is 1. The predicted octanol–water partition coefficient (Wildman–Crippen LogP) is 4.00. The number of hydrogen-bond donors (Lipinski definition) is 0. The molecule has 0 unspecified atom stereocenters. The molecule has 0 aromatic carbocycles. The SMILES string of the molecule is O=C(/C=C/c1cc(Br)cs1)c1ccco1. The van der Waals surface area contributed by atoms with E-state index in [9.17, 15) is 4.79 Å². The normalized spacial score (nSPS) is 11.0. The first-order chi connectivity index (χ1) is 7.25. The van der Waals surface area contributed by atoms with Crippen molar-refractivity contribution >= 4 is 39.1 Å². The molecule has 2 nitrogen and oxygen atoms in total. The molecule has 0 saturated heterocycles. The van der Waals surface area contributed by atoms with Crippen LogP contribution in [0, 0.1) is 0 Å². The molecule has 0 amide bonds. The summed E-state index contributed by atoms with van der Waals surface area (Å²) in [6, 6.07) is 5.30. The van der Waals surface area contributed by atoms with Gasteiger partial charge in [-0.1, -0.05) is 0 Å². The third-order valence-corrected chi connectivity index (χ3v) is 3.41. The number of allylic oxidation sites excluding steroid dienone is 1. The third-order valence-electron chi connectivity index (χ3n) is 1.75. The van der Waals surface area contributed by atoms with Gasteiger partial charge in [-0.05, 0) is 46.3 Å². The van der Waals surface area contributed by atoms with Crippen molar-refractivity contribution in [3.05, 3.63) is 51.0 Å². The second-order valence-corrected chi connectivity index (χ2v) is 4.70. The molecule has 2 heterocycles. The lowest BCUT2D eigenvalue weighted by Crippen LogP contribution is -1.89. The third kappa shape index (κ3) is 2.67. The lowest BCUT2D eigenvalue weighted by Gasteiger charge is -1.86. The average Bonchev–Trinajstić information content (AvgIpc) is 2.84. The molecule has 0 bridgehead atoms. The maximum atomic E-state index is 11.5. The van der Waals surface area contributed by atoms with Gasteiger partial charge in [0.15, 0.2) is 5.76 Å². The maximum absolute atomic E-state index is 11.5. The smallest absolute Gasteiger partial charge is 0.221 e. The van der Waals surface area contributed by atoms with Crippen molar-refractivity contribution in [1.82, 2.24) is 0 Å². The largest absolute Gasteiger partial charge is 0.461 e. The Morgan fingerprint density at radius 2 is 2.40 bits per heavy atom. The Kier molecular flexibility index (Phi) is 3.18. The molecule has 0 aliphatic heterocycles. The molecule has 76 valence electrons. The summed E-state index contributed by atoms with van der Waals surface area (Å²) in [6.45, 7) is 0. The molecule has 4 heteroatoms. The minimum absolute atomic E-state index is 0.121. The van der Waals surface area contributed by atoms with E-state index in [4.69, 9.17) is 4.42 Å². The first-order valence-corrected chi connectivity index (χ1v) is 5.93. The molecule has 0 aliphatic rings. The molecule has 0 radical (unpaired) electrons. The lowest BCUT2D eigenvalue weighted by atomic mass is 10.2. The van der Waals surface area contributed by atoms with Gasteiger partial charge in [0.2, 0.25) is 5.78 Å². The standard InChI is InChI=1S/C11H7BrO2S/c12-8-6-9(15-7-8)3-4-10(13)11-2-1-5-14-11/h1-7H/b4-3+. The zero-order valence-electron chi connectivity index (χ0n) is 7.64. The first-order valence-electron chi connectivity index (χ1n) is 4.25. The summed E-state index contributed by atoms with van der Waals surface area (Å²) < 4.78 is 6.01. The van der Waals surface area contributed by atoms with Crippen molar-refractivity contribution in [2.24, 2.45) is 0 Å². The Balaban J connectivity index is 2.09. The fraction of sp³-hybridized carbons (Fsp3) is 0. The summed E-state index contributed by atoms with van der Waals surface area (Å²) in [7, 11) is 0. The Hall–Kier alpha value is -1.13. The highest BCUT2D eigenvalue weighted by atomic mass is 79.9. The van der Waals surface area contributed by atoms with Crippen LogP contribution in [0.15, 0.2) is 44.8 Å². The van der Waals surface area contributed by atoms with Gasteiger partial charge in [-0.3, -0.25) is 4.79 Å². The number of hydrogen-bond acceptors (Lipinski definition) is 3. The van der Waals surface area contributed by atoms with Crippen LogP contribution in [0.25, 0.3) is 6.08 Å². The van der Waals surface area contributed by atoms with E-state index in [-0.39, 0.29) is 5.78 Å². The number of halogens is 1. The zero-order chi connectivity index (χ0) is 10.7. The second kappa shape index (κ2) is 4.59. The summed E-state index contributed by atoms with van der Waals surface area (Å²) in [5.41, 5.74) is 0. The summed E-state index contributed by atoms with van der Waals surface area (Å²) in [6.07, 6.45) is 4.78. The average molecular weight is 283 g/mol. The van der Waals surface area contributed by atoms with Crippen molar-refractivity contribution < 1.29 is 9.21 Å². The van der Waals surface area contributed by atoms with Crippen LogP contribution in [-0.2, 0) is 0 Å². The Morgan fingerprint density at radius 3 is 3.00 bits per heavy atom. The maximum Gasteiger partial charge on any atom is 0.221 e. The van der Waals surface area contributed by atoms with Gasteiger partial charge in [0.25, 0.3) is 0 Å². The molecule has 2 aromatic rings. The summed E-state index contributed by atoms with van der Waals surface area (Å²) >= 11 is 4.92. The summed E-state index contributed by atoms with van der Waals surface area (Å²) in [4.78, 5) is 12.5. The fourth-order valence-electron chi connectivity index (χ4n) is 1.07. The topological polar surface area (TPSA) is 30.2 Å². The van der Waals surface area contributed by atoms with Gasteiger partial charge in [-0.15, -0.1) is 11.3 Å². The van der Waals surface area contributed by atoms with Crippen LogP contribution < -0.4 is 0 Å². The molecule has 0 saturated carbocycles. The minimum atomic E-state index is -0.121. The molecular formula is C11H7BrO2S. The van der Waals surface area contributed by atoms with Crippen molar-refractivity contribution in [2.75, 3.05) is 0 Å². The molecular weight excluding hydrogens is 276 g/mol. The van der Waals surface area contributed by atoms with Crippen LogP contribution in [0.5, 0.6) is 0 Å². The van der Waals surface area contributed by atoms with Gasteiger partial charge in [-0.25, -0.2) is 0 Å². The Labute approximate surface area is 99.4 Å². The van der Waals surface area contributed by atoms with E-state index >= 15 is 0 Å². The highest BCUT2D eigenvalue weighted by Crippen LogP contribution is 2.21. The second-order valence-electron chi connectivity index (χ2n) is 2.84. The minimum Gasteiger partial charge on any atom is -0.461 e. The van der Waals surface area contributed by atoms with E-state index in [1.807, 2.05) is 11.4 Å². The Morgan fingerprint density at radius 1 is 1.53 bits per heavy atom. The lowest BCUT2D eigenvalue weighted by molar-refractivity contribution is 0.102. The number of thiophene rings is 1. The van der Waals surface area contributed by atoms with E-state index in [1.54, 1.807) is 29.5 Å². The van der Waals surface area contributed by atoms with Gasteiger partial charge in [0.05, 0.1) is 6.26 Å². The molecule has 2 aromatic heterocycles. The Bertz CT molecular complexity index is 482. The molecule has 0 atom stereocenters. The van der Waals surface area contributed by atoms with Crippen molar-refractivity contribution in [1.29, 1.82) is 0 Å². The van der Waals surface area contributed by atoms with E-state index in [0.29, 0.717) is 5.76 Å². The molecule has 2 rings (SSSR count). The van der Waals surface area contributed by atoms with E-state index in [2.05, 4.69) is 15.9 Å². The van der Waals surface area contributed by atoms with Crippen LogP contribution in [0.2, 0.25) is 0 Å². The van der Waals surface area contributed by atoms with Crippen LogP contribution >= 0.6 is 27.3 Å². The number of ketones is 1. The van der Waals surface area contributed by atoms with Crippen molar-refractivity contribution in [3.63, 3.8) is 0 Å².